The molecule has 0 aromatic carbocycles. The van der Waals surface area contributed by atoms with Gasteiger partial charge >= 0.3 is 0 Å². The number of nitrogens with zero attached hydrogens (tertiary/aromatic N) is 6. The molecule has 1 aliphatic heterocycles. The highest BCUT2D eigenvalue weighted by atomic mass is 16.5. The number of aromatic nitrogens is 5. The Bertz CT molecular complexity index is 871. The molecule has 0 amide bonds. The van der Waals surface area contributed by atoms with Crippen LogP contribution in [0.4, 0.5) is 0 Å². The Morgan fingerprint density at radius 2 is 2.12 bits per heavy atom. The molecule has 126 valence electrons. The fourth-order valence-corrected chi connectivity index (χ4v) is 3.22. The number of morpholine rings is 1. The van der Waals surface area contributed by atoms with E-state index in [0.29, 0.717) is 24.9 Å². The third kappa shape index (κ3) is 2.67. The summed E-state index contributed by atoms with van der Waals surface area (Å²) in [5, 5.41) is 3.90. The molecule has 1 aliphatic rings. The number of hydrogen-bond acceptors (Lipinski definition) is 7. The quantitative estimate of drug-likeness (QED) is 0.722. The Morgan fingerprint density at radius 1 is 1.25 bits per heavy atom. The molecule has 0 aliphatic carbocycles. The zero-order chi connectivity index (χ0) is 16.7. The van der Waals surface area contributed by atoms with Gasteiger partial charge < -0.3 is 9.26 Å². The minimum atomic E-state index is -0.0378. The van der Waals surface area contributed by atoms with Gasteiger partial charge in [-0.1, -0.05) is 5.16 Å². The number of hydrogen-bond donors (Lipinski definition) is 0. The van der Waals surface area contributed by atoms with Gasteiger partial charge in [0, 0.05) is 24.5 Å². The molecule has 0 bridgehead atoms. The van der Waals surface area contributed by atoms with Crippen LogP contribution in [0.3, 0.4) is 0 Å². The lowest BCUT2D eigenvalue weighted by atomic mass is 10.2. The second kappa shape index (κ2) is 5.95. The molecule has 0 unspecified atom stereocenters. The van der Waals surface area contributed by atoms with Crippen molar-refractivity contribution in [2.75, 3.05) is 19.8 Å². The molecule has 1 atom stereocenters. The summed E-state index contributed by atoms with van der Waals surface area (Å²) in [5.74, 6) is 1.98. The Morgan fingerprint density at radius 3 is 2.92 bits per heavy atom. The SMILES string of the molecule is Cc1cc(C)n2c(CN3CCOC[C@H]3c3nc(C)no3)cnc2n1. The van der Waals surface area contributed by atoms with E-state index >= 15 is 0 Å². The van der Waals surface area contributed by atoms with Crippen molar-refractivity contribution in [1.29, 1.82) is 0 Å². The summed E-state index contributed by atoms with van der Waals surface area (Å²) in [6.45, 7) is 8.65. The molecular weight excluding hydrogens is 308 g/mol. The van der Waals surface area contributed by atoms with Gasteiger partial charge in [-0.2, -0.15) is 4.98 Å². The minimum absolute atomic E-state index is 0.0378. The number of aryl methyl sites for hydroxylation is 3. The molecule has 24 heavy (non-hydrogen) atoms. The first-order valence-corrected chi connectivity index (χ1v) is 8.04. The summed E-state index contributed by atoms with van der Waals surface area (Å²) in [7, 11) is 0. The van der Waals surface area contributed by atoms with Gasteiger partial charge in [-0.05, 0) is 26.8 Å². The van der Waals surface area contributed by atoms with E-state index in [1.165, 1.54) is 0 Å². The van der Waals surface area contributed by atoms with E-state index in [2.05, 4.69) is 42.4 Å². The first kappa shape index (κ1) is 15.2. The lowest BCUT2D eigenvalue weighted by Crippen LogP contribution is -2.39. The highest BCUT2D eigenvalue weighted by Gasteiger charge is 2.30. The predicted octanol–water partition coefficient (Wildman–Crippen LogP) is 1.61. The number of rotatable bonds is 3. The van der Waals surface area contributed by atoms with E-state index in [0.717, 1.165) is 35.9 Å². The van der Waals surface area contributed by atoms with Crippen LogP contribution in [0.25, 0.3) is 5.78 Å². The van der Waals surface area contributed by atoms with Crippen molar-refractivity contribution < 1.29 is 9.26 Å². The van der Waals surface area contributed by atoms with E-state index in [-0.39, 0.29) is 6.04 Å². The molecule has 3 aromatic heterocycles. The van der Waals surface area contributed by atoms with Crippen LogP contribution < -0.4 is 0 Å². The van der Waals surface area contributed by atoms with Crippen molar-refractivity contribution in [2.45, 2.75) is 33.4 Å². The Hall–Kier alpha value is -2.32. The molecule has 3 aromatic rings. The minimum Gasteiger partial charge on any atom is -0.378 e. The van der Waals surface area contributed by atoms with Gasteiger partial charge in [0.25, 0.3) is 0 Å². The first-order chi connectivity index (χ1) is 11.6. The van der Waals surface area contributed by atoms with Crippen molar-refractivity contribution in [3.8, 4) is 0 Å². The summed E-state index contributed by atoms with van der Waals surface area (Å²) >= 11 is 0. The van der Waals surface area contributed by atoms with E-state index in [1.54, 1.807) is 0 Å². The van der Waals surface area contributed by atoms with Crippen LogP contribution in [0.5, 0.6) is 0 Å². The van der Waals surface area contributed by atoms with Gasteiger partial charge in [0.1, 0.15) is 6.04 Å². The largest absolute Gasteiger partial charge is 0.378 e. The van der Waals surface area contributed by atoms with Crippen LogP contribution in [0.1, 0.15) is 34.8 Å². The van der Waals surface area contributed by atoms with Gasteiger partial charge in [-0.3, -0.25) is 9.30 Å². The summed E-state index contributed by atoms with van der Waals surface area (Å²) in [5.41, 5.74) is 3.20. The molecule has 1 fully saturated rings. The van der Waals surface area contributed by atoms with Crippen LogP contribution in [-0.4, -0.2) is 49.2 Å². The van der Waals surface area contributed by atoms with Gasteiger partial charge in [0.15, 0.2) is 5.82 Å². The van der Waals surface area contributed by atoms with Crippen LogP contribution >= 0.6 is 0 Å². The van der Waals surface area contributed by atoms with Crippen LogP contribution in [0.15, 0.2) is 16.8 Å². The fraction of sp³-hybridized carbons (Fsp3) is 0.500. The molecule has 0 N–H and O–H groups in total. The van der Waals surface area contributed by atoms with Gasteiger partial charge in [0.05, 0.1) is 25.1 Å². The van der Waals surface area contributed by atoms with Crippen LogP contribution in [0.2, 0.25) is 0 Å². The van der Waals surface area contributed by atoms with E-state index in [1.807, 2.05) is 20.0 Å². The predicted molar refractivity (Wildman–Crippen MR) is 85.5 cm³/mol. The molecule has 0 saturated carbocycles. The van der Waals surface area contributed by atoms with E-state index < -0.39 is 0 Å². The highest BCUT2D eigenvalue weighted by molar-refractivity contribution is 5.35. The first-order valence-electron chi connectivity index (χ1n) is 8.04. The zero-order valence-electron chi connectivity index (χ0n) is 14.1. The maximum Gasteiger partial charge on any atom is 0.246 e. The van der Waals surface area contributed by atoms with Gasteiger partial charge in [-0.15, -0.1) is 0 Å². The molecular formula is C16H20N6O2. The van der Waals surface area contributed by atoms with Crippen molar-refractivity contribution in [3.63, 3.8) is 0 Å². The Kier molecular flexibility index (Phi) is 3.78. The number of imidazole rings is 1. The van der Waals surface area contributed by atoms with Crippen molar-refractivity contribution in [3.05, 3.63) is 41.1 Å². The number of ether oxygens (including phenoxy) is 1. The molecule has 4 rings (SSSR count). The van der Waals surface area contributed by atoms with Gasteiger partial charge in [-0.25, -0.2) is 9.97 Å². The second-order valence-corrected chi connectivity index (χ2v) is 6.16. The molecule has 0 radical (unpaired) electrons. The topological polar surface area (TPSA) is 81.6 Å². The summed E-state index contributed by atoms with van der Waals surface area (Å²) in [6.07, 6.45) is 1.89. The lowest BCUT2D eigenvalue weighted by molar-refractivity contribution is -0.0247. The van der Waals surface area contributed by atoms with Crippen LogP contribution in [-0.2, 0) is 11.3 Å². The summed E-state index contributed by atoms with van der Waals surface area (Å²) in [6, 6.07) is 2.03. The van der Waals surface area contributed by atoms with Gasteiger partial charge in [0.2, 0.25) is 11.7 Å². The average molecular weight is 328 g/mol. The zero-order valence-corrected chi connectivity index (χ0v) is 14.1. The van der Waals surface area contributed by atoms with E-state index in [4.69, 9.17) is 9.26 Å². The highest BCUT2D eigenvalue weighted by Crippen LogP contribution is 2.25. The van der Waals surface area contributed by atoms with Crippen molar-refractivity contribution in [1.82, 2.24) is 29.4 Å². The normalized spacial score (nSPS) is 19.2. The Labute approximate surface area is 139 Å². The third-order valence-electron chi connectivity index (χ3n) is 4.30. The fourth-order valence-electron chi connectivity index (χ4n) is 3.22. The summed E-state index contributed by atoms with van der Waals surface area (Å²) < 4.78 is 13.1. The maximum atomic E-state index is 5.62. The average Bonchev–Trinajstić information content (AvgIpc) is 3.14. The smallest absolute Gasteiger partial charge is 0.246 e. The van der Waals surface area contributed by atoms with E-state index in [9.17, 15) is 0 Å². The monoisotopic (exact) mass is 328 g/mol. The Balaban J connectivity index is 1.66. The van der Waals surface area contributed by atoms with Crippen molar-refractivity contribution >= 4 is 5.78 Å². The molecule has 8 heteroatoms. The lowest BCUT2D eigenvalue weighted by Gasteiger charge is -2.33. The molecule has 0 spiro atoms. The third-order valence-corrected chi connectivity index (χ3v) is 4.30. The second-order valence-electron chi connectivity index (χ2n) is 6.16. The van der Waals surface area contributed by atoms with Crippen molar-refractivity contribution in [2.24, 2.45) is 0 Å². The standard InChI is InChI=1S/C16H20N6O2/c1-10-6-11(2)22-13(7-17-16(22)18-10)8-21-4-5-23-9-14(21)15-19-12(3)20-24-15/h6-7,14H,4-5,8-9H2,1-3H3/t14-/m0/s1. The molecule has 8 nitrogen and oxygen atoms in total. The maximum absolute atomic E-state index is 5.62. The molecule has 1 saturated heterocycles. The summed E-state index contributed by atoms with van der Waals surface area (Å²) in [4.78, 5) is 15.6. The van der Waals surface area contributed by atoms with Crippen LogP contribution in [0, 0.1) is 20.8 Å². The number of fused-ring (bicyclic) bond motifs is 1. The molecule has 4 heterocycles.